The van der Waals surface area contributed by atoms with Crippen LogP contribution in [0.2, 0.25) is 0 Å². The van der Waals surface area contributed by atoms with Gasteiger partial charge in [0.25, 0.3) is 5.56 Å². The lowest BCUT2D eigenvalue weighted by Crippen LogP contribution is -2.27. The van der Waals surface area contributed by atoms with Crippen LogP contribution in [0.1, 0.15) is 42.9 Å². The van der Waals surface area contributed by atoms with Gasteiger partial charge in [-0.1, -0.05) is 43.2 Å². The molecule has 1 aliphatic carbocycles. The summed E-state index contributed by atoms with van der Waals surface area (Å²) >= 11 is 0. The summed E-state index contributed by atoms with van der Waals surface area (Å²) in [6, 6.07) is 12.4. The third kappa shape index (κ3) is 2.65. The SMILES string of the molecule is O=c1c(Cc2ccccc2)cc2cncnc2n1C1CCCC1. The maximum atomic E-state index is 13.1. The van der Waals surface area contributed by atoms with Crippen molar-refractivity contribution in [3.63, 3.8) is 0 Å². The van der Waals surface area contributed by atoms with Crippen molar-refractivity contribution in [1.29, 1.82) is 0 Å². The number of hydrogen-bond acceptors (Lipinski definition) is 3. The molecule has 0 spiro atoms. The van der Waals surface area contributed by atoms with Crippen LogP contribution < -0.4 is 5.56 Å². The zero-order chi connectivity index (χ0) is 15.6. The highest BCUT2D eigenvalue weighted by atomic mass is 16.1. The van der Waals surface area contributed by atoms with Gasteiger partial charge in [-0.2, -0.15) is 0 Å². The Morgan fingerprint density at radius 2 is 1.91 bits per heavy atom. The van der Waals surface area contributed by atoms with Crippen LogP contribution in [-0.4, -0.2) is 14.5 Å². The highest BCUT2D eigenvalue weighted by molar-refractivity contribution is 5.74. The predicted molar refractivity (Wildman–Crippen MR) is 90.6 cm³/mol. The second kappa shape index (κ2) is 5.95. The van der Waals surface area contributed by atoms with E-state index in [0.717, 1.165) is 35.0 Å². The largest absolute Gasteiger partial charge is 0.289 e. The normalized spacial score (nSPS) is 15.3. The molecule has 2 heterocycles. The van der Waals surface area contributed by atoms with Crippen molar-refractivity contribution < 1.29 is 0 Å². The van der Waals surface area contributed by atoms with Crippen molar-refractivity contribution >= 4 is 11.0 Å². The molecule has 0 aliphatic heterocycles. The van der Waals surface area contributed by atoms with E-state index in [1.54, 1.807) is 0 Å². The van der Waals surface area contributed by atoms with Gasteiger partial charge >= 0.3 is 0 Å². The van der Waals surface area contributed by atoms with Crippen LogP contribution in [0.15, 0.2) is 53.7 Å². The molecule has 0 N–H and O–H groups in total. The summed E-state index contributed by atoms with van der Waals surface area (Å²) in [6.45, 7) is 0. The van der Waals surface area contributed by atoms with Crippen molar-refractivity contribution in [3.8, 4) is 0 Å². The number of pyridine rings is 1. The second-order valence-corrected chi connectivity index (χ2v) is 6.25. The number of hydrogen-bond donors (Lipinski definition) is 0. The van der Waals surface area contributed by atoms with Crippen LogP contribution in [0.4, 0.5) is 0 Å². The third-order valence-corrected chi connectivity index (χ3v) is 4.70. The molecular formula is C19H19N3O. The third-order valence-electron chi connectivity index (χ3n) is 4.70. The number of benzene rings is 1. The zero-order valence-corrected chi connectivity index (χ0v) is 13.0. The minimum Gasteiger partial charge on any atom is -0.289 e. The van der Waals surface area contributed by atoms with E-state index < -0.39 is 0 Å². The van der Waals surface area contributed by atoms with Gasteiger partial charge in [-0.05, 0) is 24.5 Å². The number of nitrogens with zero attached hydrogens (tertiary/aromatic N) is 3. The zero-order valence-electron chi connectivity index (χ0n) is 13.0. The Bertz CT molecular complexity index is 880. The van der Waals surface area contributed by atoms with E-state index in [2.05, 4.69) is 22.1 Å². The fourth-order valence-corrected chi connectivity index (χ4v) is 3.58. The molecule has 0 bridgehead atoms. The Labute approximate surface area is 134 Å². The number of rotatable bonds is 3. The van der Waals surface area contributed by atoms with Gasteiger partial charge in [0.15, 0.2) is 0 Å². The van der Waals surface area contributed by atoms with Crippen molar-refractivity contribution in [3.05, 3.63) is 70.4 Å². The first kappa shape index (κ1) is 14.1. The van der Waals surface area contributed by atoms with Crippen molar-refractivity contribution in [1.82, 2.24) is 14.5 Å². The molecule has 0 atom stereocenters. The Morgan fingerprint density at radius 3 is 2.70 bits per heavy atom. The fraction of sp³-hybridized carbons (Fsp3) is 0.316. The molecule has 23 heavy (non-hydrogen) atoms. The molecule has 1 fully saturated rings. The van der Waals surface area contributed by atoms with Crippen LogP contribution in [0.5, 0.6) is 0 Å². The fourth-order valence-electron chi connectivity index (χ4n) is 3.58. The van der Waals surface area contributed by atoms with E-state index in [-0.39, 0.29) is 11.6 Å². The van der Waals surface area contributed by atoms with Crippen LogP contribution >= 0.6 is 0 Å². The van der Waals surface area contributed by atoms with E-state index in [4.69, 9.17) is 0 Å². The van der Waals surface area contributed by atoms with Crippen molar-refractivity contribution in [2.75, 3.05) is 0 Å². The molecule has 1 saturated carbocycles. The molecule has 0 unspecified atom stereocenters. The van der Waals surface area contributed by atoms with Crippen LogP contribution in [0, 0.1) is 0 Å². The molecular weight excluding hydrogens is 286 g/mol. The molecule has 4 rings (SSSR count). The van der Waals surface area contributed by atoms with Gasteiger partial charge in [-0.25, -0.2) is 9.97 Å². The molecule has 1 aromatic carbocycles. The Hall–Kier alpha value is -2.49. The quantitative estimate of drug-likeness (QED) is 0.744. The van der Waals surface area contributed by atoms with Crippen molar-refractivity contribution in [2.45, 2.75) is 38.1 Å². The molecule has 3 aromatic rings. The lowest BCUT2D eigenvalue weighted by molar-refractivity contribution is 0.513. The summed E-state index contributed by atoms with van der Waals surface area (Å²) in [7, 11) is 0. The van der Waals surface area contributed by atoms with Crippen LogP contribution in [0.3, 0.4) is 0 Å². The van der Waals surface area contributed by atoms with Crippen molar-refractivity contribution in [2.24, 2.45) is 0 Å². The smallest absolute Gasteiger partial charge is 0.256 e. The summed E-state index contributed by atoms with van der Waals surface area (Å²) in [6.07, 6.45) is 8.49. The van der Waals surface area contributed by atoms with Gasteiger partial charge in [-0.3, -0.25) is 9.36 Å². The first-order valence-corrected chi connectivity index (χ1v) is 8.21. The molecule has 0 amide bonds. The monoisotopic (exact) mass is 305 g/mol. The molecule has 0 saturated heterocycles. The molecule has 2 aromatic heterocycles. The first-order valence-electron chi connectivity index (χ1n) is 8.21. The summed E-state index contributed by atoms with van der Waals surface area (Å²) in [5.41, 5.74) is 2.85. The topological polar surface area (TPSA) is 47.8 Å². The van der Waals surface area contributed by atoms with E-state index in [9.17, 15) is 4.79 Å². The maximum Gasteiger partial charge on any atom is 0.256 e. The number of fused-ring (bicyclic) bond motifs is 1. The average Bonchev–Trinajstić information content (AvgIpc) is 3.11. The van der Waals surface area contributed by atoms with Gasteiger partial charge in [0.2, 0.25) is 0 Å². The van der Waals surface area contributed by atoms with E-state index in [1.807, 2.05) is 35.0 Å². The summed E-state index contributed by atoms with van der Waals surface area (Å²) in [5, 5.41) is 0.949. The molecule has 116 valence electrons. The summed E-state index contributed by atoms with van der Waals surface area (Å²) < 4.78 is 1.92. The van der Waals surface area contributed by atoms with Gasteiger partial charge in [0, 0.05) is 29.6 Å². The molecule has 4 heteroatoms. The first-order chi connectivity index (χ1) is 11.3. The van der Waals surface area contributed by atoms with E-state index >= 15 is 0 Å². The number of aromatic nitrogens is 3. The standard InChI is InChI=1S/C19H19N3O/c23-19-15(10-14-6-2-1-3-7-14)11-16-12-20-13-21-18(16)22(19)17-8-4-5-9-17/h1-3,6-7,11-13,17H,4-5,8-10H2. The summed E-state index contributed by atoms with van der Waals surface area (Å²) in [4.78, 5) is 21.6. The van der Waals surface area contributed by atoms with Gasteiger partial charge in [-0.15, -0.1) is 0 Å². The molecule has 0 radical (unpaired) electrons. The lowest BCUT2D eigenvalue weighted by atomic mass is 10.0. The molecule has 1 aliphatic rings. The molecule has 4 nitrogen and oxygen atoms in total. The Morgan fingerprint density at radius 1 is 1.13 bits per heavy atom. The van der Waals surface area contributed by atoms with Gasteiger partial charge in [0.1, 0.15) is 12.0 Å². The highest BCUT2D eigenvalue weighted by Gasteiger charge is 2.22. The Balaban J connectivity index is 1.88. The minimum atomic E-state index is 0.104. The van der Waals surface area contributed by atoms with E-state index in [1.165, 1.54) is 19.2 Å². The predicted octanol–water partition coefficient (Wildman–Crippen LogP) is 3.50. The van der Waals surface area contributed by atoms with Gasteiger partial charge < -0.3 is 0 Å². The Kier molecular flexibility index (Phi) is 3.66. The summed E-state index contributed by atoms with van der Waals surface area (Å²) in [5.74, 6) is 0. The highest BCUT2D eigenvalue weighted by Crippen LogP contribution is 2.30. The maximum absolute atomic E-state index is 13.1. The minimum absolute atomic E-state index is 0.104. The lowest BCUT2D eigenvalue weighted by Gasteiger charge is -2.17. The van der Waals surface area contributed by atoms with Gasteiger partial charge in [0.05, 0.1) is 0 Å². The average molecular weight is 305 g/mol. The second-order valence-electron chi connectivity index (χ2n) is 6.25. The van der Waals surface area contributed by atoms with Crippen LogP contribution in [0.25, 0.3) is 11.0 Å². The van der Waals surface area contributed by atoms with E-state index in [0.29, 0.717) is 6.42 Å². The van der Waals surface area contributed by atoms with Crippen LogP contribution in [-0.2, 0) is 6.42 Å².